The molecule has 1 atom stereocenters. The number of benzene rings is 1. The summed E-state index contributed by atoms with van der Waals surface area (Å²) in [5, 5.41) is 5.89. The van der Waals surface area contributed by atoms with Crippen LogP contribution in [0.3, 0.4) is 0 Å². The van der Waals surface area contributed by atoms with Gasteiger partial charge >= 0.3 is 0 Å². The predicted octanol–water partition coefficient (Wildman–Crippen LogP) is 2.90. The third-order valence-electron chi connectivity index (χ3n) is 6.48. The number of carbonyl (C=O) groups excluding carboxylic acids is 2. The molecule has 1 aromatic rings. The van der Waals surface area contributed by atoms with Gasteiger partial charge in [0, 0.05) is 6.42 Å². The number of ether oxygens (including phenoxy) is 1. The zero-order valence-corrected chi connectivity index (χ0v) is 15.3. The Morgan fingerprint density at radius 2 is 1.62 bits per heavy atom. The Labute approximate surface area is 154 Å². The fraction of sp³-hybridized carbons (Fsp3) is 0.619. The Morgan fingerprint density at radius 3 is 2.27 bits per heavy atom. The van der Waals surface area contributed by atoms with Crippen molar-refractivity contribution in [3.05, 3.63) is 29.8 Å². The van der Waals surface area contributed by atoms with E-state index in [1.54, 1.807) is 0 Å². The fourth-order valence-electron chi connectivity index (χ4n) is 4.76. The lowest BCUT2D eigenvalue weighted by molar-refractivity contribution is -0.134. The van der Waals surface area contributed by atoms with Crippen LogP contribution in [-0.2, 0) is 9.59 Å². The van der Waals surface area contributed by atoms with Crippen molar-refractivity contribution in [3.8, 4) is 5.75 Å². The maximum atomic E-state index is 12.0. The van der Waals surface area contributed by atoms with Gasteiger partial charge in [-0.05, 0) is 81.1 Å². The smallest absolute Gasteiger partial charge is 0.234 e. The van der Waals surface area contributed by atoms with Crippen LogP contribution in [0, 0.1) is 5.41 Å². The van der Waals surface area contributed by atoms with E-state index in [-0.39, 0.29) is 17.7 Å². The van der Waals surface area contributed by atoms with Gasteiger partial charge in [-0.1, -0.05) is 12.1 Å². The Bertz CT molecular complexity index is 654. The van der Waals surface area contributed by atoms with E-state index in [2.05, 4.69) is 10.6 Å². The lowest BCUT2D eigenvalue weighted by Crippen LogP contribution is -2.41. The first-order chi connectivity index (χ1) is 12.6. The summed E-state index contributed by atoms with van der Waals surface area (Å²) in [5.74, 6) is 0.299. The Kier molecular flexibility index (Phi) is 4.98. The summed E-state index contributed by atoms with van der Waals surface area (Å²) in [5.41, 5.74) is 1.51. The number of nitrogens with one attached hydrogen (secondary N) is 2. The second-order valence-corrected chi connectivity index (χ2v) is 8.14. The van der Waals surface area contributed by atoms with Gasteiger partial charge in [0.2, 0.25) is 11.8 Å². The molecule has 5 heteroatoms. The molecule has 1 aliphatic carbocycles. The Morgan fingerprint density at radius 1 is 0.923 bits per heavy atom. The minimum atomic E-state index is -0.226. The highest BCUT2D eigenvalue weighted by molar-refractivity contribution is 6.00. The van der Waals surface area contributed by atoms with Crippen LogP contribution in [0.15, 0.2) is 24.3 Å². The molecule has 2 saturated heterocycles. The average Bonchev–Trinajstić information content (AvgIpc) is 2.66. The van der Waals surface area contributed by atoms with E-state index < -0.39 is 0 Å². The van der Waals surface area contributed by atoms with E-state index in [0.29, 0.717) is 24.4 Å². The van der Waals surface area contributed by atoms with Crippen LogP contribution < -0.4 is 15.4 Å². The number of amides is 2. The van der Waals surface area contributed by atoms with Crippen molar-refractivity contribution in [2.75, 3.05) is 13.1 Å². The van der Waals surface area contributed by atoms with Crippen LogP contribution in [0.1, 0.15) is 62.8 Å². The Balaban J connectivity index is 1.32. The summed E-state index contributed by atoms with van der Waals surface area (Å²) < 4.78 is 6.21. The maximum absolute atomic E-state index is 12.0. The van der Waals surface area contributed by atoms with Gasteiger partial charge in [0.15, 0.2) is 0 Å². The number of imide groups is 1. The van der Waals surface area contributed by atoms with Gasteiger partial charge in [0.1, 0.15) is 5.75 Å². The zero-order chi connectivity index (χ0) is 18.0. The SMILES string of the molecule is O=C1CCC(c2ccc(OC3CCC4(CCNCC4)CC3)cc2)C(=O)N1. The molecule has 1 spiro atoms. The number of hydrogen-bond acceptors (Lipinski definition) is 4. The predicted molar refractivity (Wildman–Crippen MR) is 99.0 cm³/mol. The number of piperidine rings is 2. The molecule has 0 aromatic heterocycles. The molecule has 2 heterocycles. The Hall–Kier alpha value is -1.88. The first-order valence-corrected chi connectivity index (χ1v) is 9.95. The monoisotopic (exact) mass is 356 g/mol. The first kappa shape index (κ1) is 17.5. The second kappa shape index (κ2) is 7.39. The first-order valence-electron chi connectivity index (χ1n) is 9.95. The number of hydrogen-bond donors (Lipinski definition) is 2. The zero-order valence-electron chi connectivity index (χ0n) is 15.3. The second-order valence-electron chi connectivity index (χ2n) is 8.14. The molecule has 1 saturated carbocycles. The average molecular weight is 356 g/mol. The summed E-state index contributed by atoms with van der Waals surface area (Å²) in [6.45, 7) is 2.32. The van der Waals surface area contributed by atoms with Crippen molar-refractivity contribution in [1.82, 2.24) is 10.6 Å². The quantitative estimate of drug-likeness (QED) is 0.817. The molecule has 1 aromatic carbocycles. The molecule has 2 aliphatic heterocycles. The molecule has 3 aliphatic rings. The number of rotatable bonds is 3. The molecule has 0 radical (unpaired) electrons. The number of carbonyl (C=O) groups is 2. The van der Waals surface area contributed by atoms with Crippen molar-refractivity contribution >= 4 is 11.8 Å². The molecule has 3 fully saturated rings. The van der Waals surface area contributed by atoms with Gasteiger partial charge in [-0.15, -0.1) is 0 Å². The van der Waals surface area contributed by atoms with Crippen LogP contribution >= 0.6 is 0 Å². The van der Waals surface area contributed by atoms with Crippen molar-refractivity contribution in [2.24, 2.45) is 5.41 Å². The van der Waals surface area contributed by atoms with Gasteiger partial charge in [-0.2, -0.15) is 0 Å². The molecule has 140 valence electrons. The van der Waals surface area contributed by atoms with Crippen LogP contribution in [0.5, 0.6) is 5.75 Å². The fourth-order valence-corrected chi connectivity index (χ4v) is 4.76. The van der Waals surface area contributed by atoms with Gasteiger partial charge in [-0.25, -0.2) is 0 Å². The van der Waals surface area contributed by atoms with Crippen molar-refractivity contribution in [1.29, 1.82) is 0 Å². The van der Waals surface area contributed by atoms with Gasteiger partial charge < -0.3 is 10.1 Å². The molecular formula is C21H28N2O3. The van der Waals surface area contributed by atoms with E-state index >= 15 is 0 Å². The standard InChI is InChI=1S/C21H28N2O3/c24-19-6-5-18(20(25)23-19)15-1-3-16(4-2-15)26-17-7-9-21(10-8-17)11-13-22-14-12-21/h1-4,17-18,22H,5-14H2,(H,23,24,25). The van der Waals surface area contributed by atoms with Crippen LogP contribution in [-0.4, -0.2) is 31.0 Å². The van der Waals surface area contributed by atoms with Gasteiger partial charge in [0.05, 0.1) is 12.0 Å². The van der Waals surface area contributed by atoms with Crippen LogP contribution in [0.2, 0.25) is 0 Å². The minimum Gasteiger partial charge on any atom is -0.490 e. The van der Waals surface area contributed by atoms with E-state index in [0.717, 1.165) is 37.2 Å². The van der Waals surface area contributed by atoms with Gasteiger partial charge in [0.25, 0.3) is 0 Å². The highest BCUT2D eigenvalue weighted by atomic mass is 16.5. The summed E-state index contributed by atoms with van der Waals surface area (Å²) >= 11 is 0. The molecule has 1 unspecified atom stereocenters. The lowest BCUT2D eigenvalue weighted by atomic mass is 9.68. The topological polar surface area (TPSA) is 67.4 Å². The maximum Gasteiger partial charge on any atom is 0.234 e. The lowest BCUT2D eigenvalue weighted by Gasteiger charge is -2.43. The summed E-state index contributed by atoms with van der Waals surface area (Å²) in [7, 11) is 0. The van der Waals surface area contributed by atoms with Gasteiger partial charge in [-0.3, -0.25) is 14.9 Å². The highest BCUT2D eigenvalue weighted by Gasteiger charge is 2.36. The summed E-state index contributed by atoms with van der Waals surface area (Å²) in [6.07, 6.45) is 8.72. The molecule has 4 rings (SSSR count). The van der Waals surface area contributed by atoms with Crippen molar-refractivity contribution in [2.45, 2.75) is 63.4 Å². The molecule has 2 N–H and O–H groups in total. The third kappa shape index (κ3) is 3.78. The largest absolute Gasteiger partial charge is 0.490 e. The summed E-state index contributed by atoms with van der Waals surface area (Å²) in [6, 6.07) is 7.86. The molecule has 5 nitrogen and oxygen atoms in total. The van der Waals surface area contributed by atoms with Crippen LogP contribution in [0.25, 0.3) is 0 Å². The van der Waals surface area contributed by atoms with E-state index in [9.17, 15) is 9.59 Å². The molecule has 26 heavy (non-hydrogen) atoms. The van der Waals surface area contributed by atoms with E-state index in [4.69, 9.17) is 4.74 Å². The van der Waals surface area contributed by atoms with E-state index in [1.807, 2.05) is 24.3 Å². The molecule has 2 amide bonds. The van der Waals surface area contributed by atoms with Crippen LogP contribution in [0.4, 0.5) is 0 Å². The van der Waals surface area contributed by atoms with E-state index in [1.165, 1.54) is 25.7 Å². The third-order valence-corrected chi connectivity index (χ3v) is 6.48. The normalized spacial score (nSPS) is 26.5. The van der Waals surface area contributed by atoms with Crippen molar-refractivity contribution in [3.63, 3.8) is 0 Å². The van der Waals surface area contributed by atoms with Crippen molar-refractivity contribution < 1.29 is 14.3 Å². The highest BCUT2D eigenvalue weighted by Crippen LogP contribution is 2.44. The minimum absolute atomic E-state index is 0.171. The molecule has 0 bridgehead atoms. The molecular weight excluding hydrogens is 328 g/mol. The summed E-state index contributed by atoms with van der Waals surface area (Å²) in [4.78, 5) is 23.3.